The minimum absolute atomic E-state index is 0.0556. The topological polar surface area (TPSA) is 89.7 Å². The zero-order valence-corrected chi connectivity index (χ0v) is 8.62. The number of methoxy groups -OCH3 is 1. The SMILES string of the molecule is COC(=O)[C@@H](Cc1ccc(O)cc1)[N+](=O)[O-]. The number of hydrogen-bond acceptors (Lipinski definition) is 5. The van der Waals surface area contributed by atoms with Crippen LogP contribution in [0.3, 0.4) is 0 Å². The van der Waals surface area contributed by atoms with E-state index in [4.69, 9.17) is 5.11 Å². The summed E-state index contributed by atoms with van der Waals surface area (Å²) in [6.07, 6.45) is -0.0556. The van der Waals surface area contributed by atoms with Crippen LogP contribution in [-0.2, 0) is 16.0 Å². The van der Waals surface area contributed by atoms with E-state index >= 15 is 0 Å². The average Bonchev–Trinajstić information content (AvgIpc) is 2.27. The van der Waals surface area contributed by atoms with Crippen LogP contribution in [0.25, 0.3) is 0 Å². The van der Waals surface area contributed by atoms with Crippen molar-refractivity contribution < 1.29 is 19.6 Å². The third-order valence-corrected chi connectivity index (χ3v) is 2.09. The van der Waals surface area contributed by atoms with E-state index in [1.807, 2.05) is 0 Å². The number of aromatic hydroxyl groups is 1. The number of carbonyl (C=O) groups excluding carboxylic acids is 1. The second kappa shape index (κ2) is 5.11. The Morgan fingerprint density at radius 1 is 1.50 bits per heavy atom. The van der Waals surface area contributed by atoms with Gasteiger partial charge in [0.1, 0.15) is 5.75 Å². The van der Waals surface area contributed by atoms with Crippen molar-refractivity contribution in [3.63, 3.8) is 0 Å². The van der Waals surface area contributed by atoms with Crippen LogP contribution in [-0.4, -0.2) is 29.2 Å². The lowest BCUT2D eigenvalue weighted by Gasteiger charge is -2.07. The molecule has 16 heavy (non-hydrogen) atoms. The van der Waals surface area contributed by atoms with E-state index < -0.39 is 16.9 Å². The lowest BCUT2D eigenvalue weighted by molar-refractivity contribution is -0.509. The van der Waals surface area contributed by atoms with Crippen LogP contribution < -0.4 is 0 Å². The molecule has 1 aromatic rings. The van der Waals surface area contributed by atoms with Crippen LogP contribution >= 0.6 is 0 Å². The number of esters is 1. The van der Waals surface area contributed by atoms with Gasteiger partial charge in [-0.2, -0.15) is 0 Å². The lowest BCUT2D eigenvalue weighted by Crippen LogP contribution is -2.32. The van der Waals surface area contributed by atoms with Gasteiger partial charge >= 0.3 is 12.0 Å². The predicted octanol–water partition coefficient (Wildman–Crippen LogP) is 0.753. The highest BCUT2D eigenvalue weighted by Crippen LogP contribution is 2.12. The van der Waals surface area contributed by atoms with Gasteiger partial charge < -0.3 is 9.84 Å². The molecule has 0 bridgehead atoms. The molecule has 1 N–H and O–H groups in total. The number of phenolic OH excluding ortho intramolecular Hbond substituents is 1. The predicted molar refractivity (Wildman–Crippen MR) is 54.6 cm³/mol. The number of rotatable bonds is 4. The molecule has 0 aliphatic carbocycles. The first kappa shape index (κ1) is 12.0. The Balaban J connectivity index is 2.80. The second-order valence-electron chi connectivity index (χ2n) is 3.19. The number of hydrogen-bond donors (Lipinski definition) is 1. The molecule has 0 aliphatic rings. The number of carbonyl (C=O) groups is 1. The third-order valence-electron chi connectivity index (χ3n) is 2.09. The first-order valence-corrected chi connectivity index (χ1v) is 4.54. The molecule has 0 amide bonds. The molecule has 0 aromatic heterocycles. The minimum Gasteiger partial charge on any atom is -0.508 e. The summed E-state index contributed by atoms with van der Waals surface area (Å²) >= 11 is 0. The first-order valence-electron chi connectivity index (χ1n) is 4.54. The Morgan fingerprint density at radius 3 is 2.50 bits per heavy atom. The van der Waals surface area contributed by atoms with Crippen LogP contribution in [0.15, 0.2) is 24.3 Å². The standard InChI is InChI=1S/C10H11NO5/c1-16-10(13)9(11(14)15)6-7-2-4-8(12)5-3-7/h2-5,9,12H,6H2,1H3/t9-/m1/s1. The maximum absolute atomic E-state index is 11.1. The molecule has 1 rings (SSSR count). The second-order valence-corrected chi connectivity index (χ2v) is 3.19. The maximum Gasteiger partial charge on any atom is 0.381 e. The van der Waals surface area contributed by atoms with Gasteiger partial charge in [-0.15, -0.1) is 0 Å². The molecule has 0 spiro atoms. The fourth-order valence-corrected chi connectivity index (χ4v) is 1.24. The van der Waals surface area contributed by atoms with Crippen molar-refractivity contribution in [1.82, 2.24) is 0 Å². The van der Waals surface area contributed by atoms with Crippen molar-refractivity contribution in [2.45, 2.75) is 12.5 Å². The Kier molecular flexibility index (Phi) is 3.82. The molecule has 0 fully saturated rings. The molecule has 86 valence electrons. The van der Waals surface area contributed by atoms with Gasteiger partial charge in [0.05, 0.1) is 13.5 Å². The normalized spacial score (nSPS) is 11.8. The van der Waals surface area contributed by atoms with Gasteiger partial charge in [-0.1, -0.05) is 12.1 Å². The maximum atomic E-state index is 11.1. The van der Waals surface area contributed by atoms with Gasteiger partial charge in [0.25, 0.3) is 0 Å². The van der Waals surface area contributed by atoms with E-state index in [2.05, 4.69) is 4.74 Å². The van der Waals surface area contributed by atoms with E-state index in [9.17, 15) is 14.9 Å². The number of phenols is 1. The lowest BCUT2D eigenvalue weighted by atomic mass is 10.1. The highest BCUT2D eigenvalue weighted by atomic mass is 16.6. The van der Waals surface area contributed by atoms with Crippen LogP contribution in [0.4, 0.5) is 0 Å². The molecule has 0 saturated carbocycles. The first-order chi connectivity index (χ1) is 7.54. The van der Waals surface area contributed by atoms with Crippen LogP contribution in [0, 0.1) is 10.1 Å². The quantitative estimate of drug-likeness (QED) is 0.464. The summed E-state index contributed by atoms with van der Waals surface area (Å²) in [5.41, 5.74) is 0.588. The Hall–Kier alpha value is -2.11. The molecular formula is C10H11NO5. The van der Waals surface area contributed by atoms with Crippen molar-refractivity contribution in [2.24, 2.45) is 0 Å². The molecule has 0 radical (unpaired) electrons. The number of benzene rings is 1. The summed E-state index contributed by atoms with van der Waals surface area (Å²) < 4.78 is 4.34. The van der Waals surface area contributed by atoms with Crippen molar-refractivity contribution in [1.29, 1.82) is 0 Å². The van der Waals surface area contributed by atoms with Crippen molar-refractivity contribution in [3.8, 4) is 5.75 Å². The number of nitro groups is 1. The van der Waals surface area contributed by atoms with Crippen molar-refractivity contribution in [3.05, 3.63) is 39.9 Å². The highest BCUT2D eigenvalue weighted by molar-refractivity contribution is 5.74. The smallest absolute Gasteiger partial charge is 0.381 e. The van der Waals surface area contributed by atoms with Gasteiger partial charge in [0, 0.05) is 4.92 Å². The molecule has 1 aromatic carbocycles. The Labute approximate surface area is 91.6 Å². The summed E-state index contributed by atoms with van der Waals surface area (Å²) in [5, 5.41) is 19.7. The Bertz CT molecular complexity index is 387. The fraction of sp³-hybridized carbons (Fsp3) is 0.300. The van der Waals surface area contributed by atoms with Gasteiger partial charge in [-0.25, -0.2) is 4.79 Å². The summed E-state index contributed by atoms with van der Waals surface area (Å²) in [5.74, 6) is -0.808. The summed E-state index contributed by atoms with van der Waals surface area (Å²) in [7, 11) is 1.11. The molecule has 0 aliphatic heterocycles. The number of ether oxygens (including phenoxy) is 1. The van der Waals surface area contributed by atoms with E-state index in [1.165, 1.54) is 24.3 Å². The van der Waals surface area contributed by atoms with Gasteiger partial charge in [0.2, 0.25) is 0 Å². The van der Waals surface area contributed by atoms with Crippen LogP contribution in [0.2, 0.25) is 0 Å². The third kappa shape index (κ3) is 2.94. The zero-order chi connectivity index (χ0) is 12.1. The van der Waals surface area contributed by atoms with E-state index in [-0.39, 0.29) is 12.2 Å². The molecular weight excluding hydrogens is 214 g/mol. The van der Waals surface area contributed by atoms with Crippen molar-refractivity contribution in [2.75, 3.05) is 7.11 Å². The van der Waals surface area contributed by atoms with Crippen LogP contribution in [0.1, 0.15) is 5.56 Å². The monoisotopic (exact) mass is 225 g/mol. The highest BCUT2D eigenvalue weighted by Gasteiger charge is 2.30. The van der Waals surface area contributed by atoms with E-state index in [0.717, 1.165) is 7.11 Å². The van der Waals surface area contributed by atoms with Gasteiger partial charge in [0.15, 0.2) is 0 Å². The summed E-state index contributed by atoms with van der Waals surface area (Å²) in [6.45, 7) is 0. The molecule has 0 unspecified atom stereocenters. The zero-order valence-electron chi connectivity index (χ0n) is 8.62. The van der Waals surface area contributed by atoms with Gasteiger partial charge in [-0.3, -0.25) is 10.1 Å². The van der Waals surface area contributed by atoms with E-state index in [1.54, 1.807) is 0 Å². The number of nitrogens with zero attached hydrogens (tertiary/aromatic N) is 1. The fourth-order valence-electron chi connectivity index (χ4n) is 1.24. The molecule has 1 atom stereocenters. The van der Waals surface area contributed by atoms with E-state index in [0.29, 0.717) is 5.56 Å². The van der Waals surface area contributed by atoms with Crippen molar-refractivity contribution >= 4 is 5.97 Å². The Morgan fingerprint density at radius 2 is 2.06 bits per heavy atom. The molecule has 6 nitrogen and oxygen atoms in total. The molecule has 6 heteroatoms. The molecule has 0 heterocycles. The van der Waals surface area contributed by atoms with Crippen LogP contribution in [0.5, 0.6) is 5.75 Å². The summed E-state index contributed by atoms with van der Waals surface area (Å²) in [4.78, 5) is 21.1. The largest absolute Gasteiger partial charge is 0.508 e. The summed E-state index contributed by atoms with van der Waals surface area (Å²) in [6, 6.07) is 4.45. The minimum atomic E-state index is -1.41. The van der Waals surface area contributed by atoms with Gasteiger partial charge in [-0.05, 0) is 17.7 Å². The molecule has 0 saturated heterocycles. The average molecular weight is 225 g/mol.